The molecule has 0 aliphatic heterocycles. The lowest BCUT2D eigenvalue weighted by Gasteiger charge is -2.40. The van der Waals surface area contributed by atoms with E-state index in [1.54, 1.807) is 62.6 Å². The van der Waals surface area contributed by atoms with E-state index in [1.165, 1.54) is 11.8 Å². The summed E-state index contributed by atoms with van der Waals surface area (Å²) >= 11 is 0. The molecule has 10 nitrogen and oxygen atoms in total. The summed E-state index contributed by atoms with van der Waals surface area (Å²) in [6.07, 6.45) is 1.60. The fourth-order valence-corrected chi connectivity index (χ4v) is 6.41. The molecule has 0 saturated heterocycles. The van der Waals surface area contributed by atoms with E-state index in [0.29, 0.717) is 11.3 Å². The Hall–Kier alpha value is -3.70. The third kappa shape index (κ3) is 10.2. The van der Waals surface area contributed by atoms with E-state index < -0.39 is 44.9 Å². The summed E-state index contributed by atoms with van der Waals surface area (Å²) < 4.78 is 27.5. The van der Waals surface area contributed by atoms with Crippen molar-refractivity contribution in [3.8, 4) is 0 Å². The van der Waals surface area contributed by atoms with Gasteiger partial charge in [-0.3, -0.25) is 14.4 Å². The van der Waals surface area contributed by atoms with E-state index in [0.717, 1.165) is 5.56 Å². The molecule has 0 aromatic heterocycles. The maximum Gasteiger partial charge on any atom is 0.260 e. The number of rotatable bonds is 13. The fraction of sp³-hybridized carbons (Fsp3) is 0.500. The predicted molar refractivity (Wildman–Crippen MR) is 180 cm³/mol. The van der Waals surface area contributed by atoms with E-state index >= 15 is 0 Å². The van der Waals surface area contributed by atoms with Gasteiger partial charge in [-0.05, 0) is 48.6 Å². The van der Waals surface area contributed by atoms with Crippen LogP contribution in [0.2, 0.25) is 0 Å². The lowest BCUT2D eigenvalue weighted by Crippen LogP contribution is -2.61. The standard InChI is InChI=1S/C34H51N5O5S/c1-22(2)27(20-23(3)30(40)38-45(43,44)21-24-14-12-11-13-15-24)39(10)32(42)29(33(4,5)6)37-31(41)28(36-9)34(7,8)25-16-18-26(35)19-17-25/h11-20,22,27-29,36H,21,35H2,1-10H3,(H,37,41)(H,38,40)/b23-20+. The molecule has 0 heterocycles. The lowest BCUT2D eigenvalue weighted by molar-refractivity contribution is -0.140. The van der Waals surface area contributed by atoms with Crippen LogP contribution in [-0.2, 0) is 35.6 Å². The fourth-order valence-electron chi connectivity index (χ4n) is 5.26. The van der Waals surface area contributed by atoms with Crippen LogP contribution in [0.25, 0.3) is 0 Å². The minimum atomic E-state index is -3.94. The van der Waals surface area contributed by atoms with Crippen molar-refractivity contribution < 1.29 is 22.8 Å². The van der Waals surface area contributed by atoms with Crippen LogP contribution >= 0.6 is 0 Å². The van der Waals surface area contributed by atoms with Gasteiger partial charge in [-0.1, -0.05) is 97.0 Å². The Bertz CT molecular complexity index is 1460. The highest BCUT2D eigenvalue weighted by atomic mass is 32.2. The summed E-state index contributed by atoms with van der Waals surface area (Å²) in [7, 11) is -0.614. The number of likely N-dealkylation sites (N-methyl/N-ethyl adjacent to an activating group) is 2. The SMILES string of the molecule is CNC(C(=O)NC(C(=O)N(C)C(/C=C(\C)C(=O)NS(=O)(=O)Cc1ccccc1)C(C)C)C(C)(C)C)C(C)(C)c1ccc(N)cc1. The number of nitrogen functional groups attached to an aromatic ring is 1. The molecule has 248 valence electrons. The van der Waals surface area contributed by atoms with E-state index in [-0.39, 0.29) is 29.1 Å². The van der Waals surface area contributed by atoms with Gasteiger partial charge in [0.05, 0.1) is 17.8 Å². The van der Waals surface area contributed by atoms with Crippen molar-refractivity contribution in [2.75, 3.05) is 19.8 Å². The molecule has 2 rings (SSSR count). The Morgan fingerprint density at radius 3 is 1.98 bits per heavy atom. The lowest BCUT2D eigenvalue weighted by atomic mass is 9.76. The Labute approximate surface area is 269 Å². The second-order valence-corrected chi connectivity index (χ2v) is 15.3. The van der Waals surface area contributed by atoms with Gasteiger partial charge in [0.25, 0.3) is 5.91 Å². The second-order valence-electron chi connectivity index (χ2n) is 13.6. The quantitative estimate of drug-likeness (QED) is 0.192. The van der Waals surface area contributed by atoms with Crippen LogP contribution in [0.4, 0.5) is 5.69 Å². The molecule has 2 aromatic rings. The second kappa shape index (κ2) is 15.1. The van der Waals surface area contributed by atoms with Crippen molar-refractivity contribution in [1.82, 2.24) is 20.3 Å². The number of hydrogen-bond acceptors (Lipinski definition) is 7. The third-order valence-electron chi connectivity index (χ3n) is 8.03. The molecule has 2 aromatic carbocycles. The monoisotopic (exact) mass is 641 g/mol. The first-order valence-corrected chi connectivity index (χ1v) is 16.7. The van der Waals surface area contributed by atoms with Crippen LogP contribution in [0.5, 0.6) is 0 Å². The van der Waals surface area contributed by atoms with Crippen LogP contribution < -0.4 is 21.1 Å². The normalized spacial score (nSPS) is 14.8. The molecule has 3 atom stereocenters. The molecule has 0 radical (unpaired) electrons. The zero-order valence-corrected chi connectivity index (χ0v) is 29.1. The van der Waals surface area contributed by atoms with Gasteiger partial charge >= 0.3 is 0 Å². The Morgan fingerprint density at radius 2 is 1.49 bits per heavy atom. The van der Waals surface area contributed by atoms with Crippen LogP contribution in [0.1, 0.15) is 66.5 Å². The van der Waals surface area contributed by atoms with Crippen molar-refractivity contribution in [3.63, 3.8) is 0 Å². The topological polar surface area (TPSA) is 151 Å². The van der Waals surface area contributed by atoms with Gasteiger partial charge in [0.15, 0.2) is 0 Å². The number of hydrogen-bond donors (Lipinski definition) is 4. The zero-order chi connectivity index (χ0) is 34.3. The van der Waals surface area contributed by atoms with Crippen LogP contribution in [-0.4, -0.2) is 63.3 Å². The third-order valence-corrected chi connectivity index (χ3v) is 9.24. The van der Waals surface area contributed by atoms with E-state index in [2.05, 4.69) is 15.4 Å². The van der Waals surface area contributed by atoms with E-state index in [4.69, 9.17) is 5.73 Å². The van der Waals surface area contributed by atoms with Crippen molar-refractivity contribution >= 4 is 33.4 Å². The summed E-state index contributed by atoms with van der Waals surface area (Å²) in [6.45, 7) is 14.8. The maximum absolute atomic E-state index is 14.1. The van der Waals surface area contributed by atoms with Crippen molar-refractivity contribution in [2.45, 2.75) is 84.7 Å². The largest absolute Gasteiger partial charge is 0.399 e. The molecular formula is C34H51N5O5S. The Kier molecular flexibility index (Phi) is 12.5. The highest BCUT2D eigenvalue weighted by Gasteiger charge is 2.41. The van der Waals surface area contributed by atoms with Gasteiger partial charge in [-0.25, -0.2) is 13.1 Å². The molecule has 3 unspecified atom stereocenters. The first-order valence-electron chi connectivity index (χ1n) is 15.1. The molecule has 3 amide bonds. The molecule has 0 saturated carbocycles. The number of benzene rings is 2. The van der Waals surface area contributed by atoms with Crippen LogP contribution in [0, 0.1) is 11.3 Å². The summed E-state index contributed by atoms with van der Waals surface area (Å²) in [5, 5.41) is 6.13. The van der Waals surface area contributed by atoms with Gasteiger partial charge < -0.3 is 21.3 Å². The minimum Gasteiger partial charge on any atom is -0.399 e. The van der Waals surface area contributed by atoms with Gasteiger partial charge in [0.1, 0.15) is 6.04 Å². The minimum absolute atomic E-state index is 0.131. The summed E-state index contributed by atoms with van der Waals surface area (Å²) in [5.41, 5.74) is 6.81. The number of nitrogens with one attached hydrogen (secondary N) is 3. The summed E-state index contributed by atoms with van der Waals surface area (Å²) in [4.78, 5) is 42.3. The molecule has 0 aliphatic carbocycles. The first kappa shape index (κ1) is 37.5. The number of nitrogens with zero attached hydrogens (tertiary/aromatic N) is 1. The highest BCUT2D eigenvalue weighted by molar-refractivity contribution is 7.89. The predicted octanol–water partition coefficient (Wildman–Crippen LogP) is 3.74. The number of amides is 3. The maximum atomic E-state index is 14.1. The average Bonchev–Trinajstić information content (AvgIpc) is 2.93. The van der Waals surface area contributed by atoms with E-state index in [1.807, 2.05) is 60.6 Å². The van der Waals surface area contributed by atoms with Crippen molar-refractivity contribution in [3.05, 3.63) is 77.4 Å². The number of carbonyl (C=O) groups excluding carboxylic acids is 3. The summed E-state index contributed by atoms with van der Waals surface area (Å²) in [6, 6.07) is 13.8. The number of carbonyl (C=O) groups is 3. The molecule has 0 aliphatic rings. The molecule has 11 heteroatoms. The molecular weight excluding hydrogens is 590 g/mol. The number of anilines is 1. The van der Waals surface area contributed by atoms with Crippen LogP contribution in [0.15, 0.2) is 66.2 Å². The number of nitrogens with two attached hydrogens (primary N) is 1. The van der Waals surface area contributed by atoms with Gasteiger partial charge in [0.2, 0.25) is 21.8 Å². The van der Waals surface area contributed by atoms with Gasteiger partial charge in [0, 0.05) is 23.7 Å². The summed E-state index contributed by atoms with van der Waals surface area (Å²) in [5.74, 6) is -1.91. The van der Waals surface area contributed by atoms with E-state index in [9.17, 15) is 22.8 Å². The molecule has 45 heavy (non-hydrogen) atoms. The average molecular weight is 642 g/mol. The van der Waals surface area contributed by atoms with Crippen LogP contribution in [0.3, 0.4) is 0 Å². The number of sulfonamides is 1. The Balaban J connectivity index is 2.30. The molecule has 5 N–H and O–H groups in total. The van der Waals surface area contributed by atoms with Crippen molar-refractivity contribution in [1.29, 1.82) is 0 Å². The van der Waals surface area contributed by atoms with Gasteiger partial charge in [-0.15, -0.1) is 0 Å². The van der Waals surface area contributed by atoms with Gasteiger partial charge in [-0.2, -0.15) is 0 Å². The first-order chi connectivity index (χ1) is 20.7. The highest BCUT2D eigenvalue weighted by Crippen LogP contribution is 2.29. The molecule has 0 spiro atoms. The Morgan fingerprint density at radius 1 is 0.933 bits per heavy atom. The molecule has 0 bridgehead atoms. The van der Waals surface area contributed by atoms with Crippen molar-refractivity contribution in [2.24, 2.45) is 11.3 Å². The smallest absolute Gasteiger partial charge is 0.260 e. The zero-order valence-electron chi connectivity index (χ0n) is 28.3. The molecule has 0 fully saturated rings.